The zero-order chi connectivity index (χ0) is 35.1. The molecule has 0 spiro atoms. The molecule has 0 amide bonds. The summed E-state index contributed by atoms with van der Waals surface area (Å²) in [5.41, 5.74) is 13.7. The van der Waals surface area contributed by atoms with Crippen LogP contribution in [0.4, 0.5) is 17.1 Å². The maximum absolute atomic E-state index is 6.80. The molecule has 8 aromatic carbocycles. The van der Waals surface area contributed by atoms with Crippen LogP contribution in [0.2, 0.25) is 0 Å². The second-order valence-electron chi connectivity index (χ2n) is 14.2. The molecule has 0 unspecified atom stereocenters. The zero-order valence-electron chi connectivity index (χ0n) is 29.1. The first-order chi connectivity index (χ1) is 26.1. The van der Waals surface area contributed by atoms with Gasteiger partial charge in [-0.1, -0.05) is 121 Å². The monoisotopic (exact) mass is 695 g/mol. The molecule has 53 heavy (non-hydrogen) atoms. The maximum atomic E-state index is 6.80. The van der Waals surface area contributed by atoms with Gasteiger partial charge in [-0.3, -0.25) is 0 Å². The summed E-state index contributed by atoms with van der Waals surface area (Å²) >= 11 is 1.85. The number of hydrogen-bond donors (Lipinski definition) is 0. The van der Waals surface area contributed by atoms with Crippen LogP contribution in [0.3, 0.4) is 0 Å². The molecule has 2 nitrogen and oxygen atoms in total. The molecule has 0 saturated carbocycles. The van der Waals surface area contributed by atoms with Crippen LogP contribution in [-0.2, 0) is 5.41 Å². The lowest BCUT2D eigenvalue weighted by atomic mass is 9.74. The van der Waals surface area contributed by atoms with Crippen LogP contribution in [-0.4, -0.2) is 0 Å². The molecular weight excluding hydrogens is 663 g/mol. The molecule has 3 heteroatoms. The quantitative estimate of drug-likeness (QED) is 0.178. The smallest absolute Gasteiger partial charge is 0.137 e. The average Bonchev–Trinajstić information content (AvgIpc) is 3.86. The van der Waals surface area contributed by atoms with Gasteiger partial charge in [-0.15, -0.1) is 11.3 Å². The van der Waals surface area contributed by atoms with Crippen molar-refractivity contribution in [2.45, 2.75) is 12.3 Å². The third-order valence-corrected chi connectivity index (χ3v) is 12.5. The number of thiophene rings is 1. The van der Waals surface area contributed by atoms with E-state index in [1.54, 1.807) is 0 Å². The van der Waals surface area contributed by atoms with Gasteiger partial charge in [-0.05, 0) is 100 Å². The van der Waals surface area contributed by atoms with E-state index >= 15 is 0 Å². The Kier molecular flexibility index (Phi) is 6.58. The first-order valence-electron chi connectivity index (χ1n) is 18.2. The van der Waals surface area contributed by atoms with Crippen molar-refractivity contribution in [3.05, 3.63) is 199 Å². The Morgan fingerprint density at radius 3 is 1.77 bits per heavy atom. The van der Waals surface area contributed by atoms with Gasteiger partial charge in [0.15, 0.2) is 0 Å². The molecule has 250 valence electrons. The van der Waals surface area contributed by atoms with Crippen molar-refractivity contribution in [2.75, 3.05) is 4.90 Å². The molecule has 0 atom stereocenters. The summed E-state index contributed by atoms with van der Waals surface area (Å²) in [5, 5.41) is 4.81. The van der Waals surface area contributed by atoms with Gasteiger partial charge in [0.2, 0.25) is 0 Å². The zero-order valence-corrected chi connectivity index (χ0v) is 29.9. The summed E-state index contributed by atoms with van der Waals surface area (Å²) in [4.78, 5) is 2.35. The van der Waals surface area contributed by atoms with E-state index in [0.717, 1.165) is 39.0 Å². The molecular formula is C50H33NOS. The van der Waals surface area contributed by atoms with Crippen LogP contribution in [0, 0.1) is 0 Å². The van der Waals surface area contributed by atoms with Crippen molar-refractivity contribution in [1.29, 1.82) is 0 Å². The fourth-order valence-electron chi connectivity index (χ4n) is 8.71. The summed E-state index contributed by atoms with van der Waals surface area (Å²) < 4.78 is 9.40. The van der Waals surface area contributed by atoms with Gasteiger partial charge in [0.05, 0.1) is 0 Å². The number of fused-ring (bicyclic) bond motifs is 9. The highest BCUT2D eigenvalue weighted by Crippen LogP contribution is 2.53. The Labute approximate surface area is 311 Å². The van der Waals surface area contributed by atoms with Gasteiger partial charge in [0.1, 0.15) is 11.2 Å². The van der Waals surface area contributed by atoms with E-state index in [1.165, 1.54) is 59.1 Å². The maximum Gasteiger partial charge on any atom is 0.137 e. The molecule has 1 aliphatic carbocycles. The highest BCUT2D eigenvalue weighted by molar-refractivity contribution is 7.25. The van der Waals surface area contributed by atoms with Crippen molar-refractivity contribution >= 4 is 70.5 Å². The van der Waals surface area contributed by atoms with Gasteiger partial charge in [0.25, 0.3) is 0 Å². The molecule has 0 bridgehead atoms. The average molecular weight is 696 g/mol. The number of hydrogen-bond acceptors (Lipinski definition) is 3. The van der Waals surface area contributed by atoms with Gasteiger partial charge in [0, 0.05) is 59.5 Å². The number of nitrogens with zero attached hydrogens (tertiary/aromatic N) is 1. The minimum atomic E-state index is -0.279. The van der Waals surface area contributed by atoms with Crippen LogP contribution in [0.25, 0.3) is 64.4 Å². The van der Waals surface area contributed by atoms with Gasteiger partial charge >= 0.3 is 0 Å². The highest BCUT2D eigenvalue weighted by atomic mass is 32.1. The van der Waals surface area contributed by atoms with Crippen molar-refractivity contribution in [3.8, 4) is 22.3 Å². The predicted molar refractivity (Wildman–Crippen MR) is 224 cm³/mol. The van der Waals surface area contributed by atoms with Crippen LogP contribution >= 0.6 is 11.3 Å². The fourth-order valence-corrected chi connectivity index (χ4v) is 9.80. The van der Waals surface area contributed by atoms with Crippen molar-refractivity contribution in [3.63, 3.8) is 0 Å². The minimum absolute atomic E-state index is 0.279. The van der Waals surface area contributed by atoms with E-state index in [2.05, 4.69) is 194 Å². The minimum Gasteiger partial charge on any atom is -0.456 e. The Hall–Kier alpha value is -6.42. The lowest BCUT2D eigenvalue weighted by Crippen LogP contribution is -2.22. The standard InChI is InChI=1S/C50H33NOS/c1-50(44-16-8-5-13-38(44)39-14-6-9-17-45(39)50)34-21-26-40-41-27-24-37(31-47(41)52-46(40)29-34)51(35-22-19-33(20-23-35)32-11-3-2-4-12-32)36-25-28-49-43(30-36)42-15-7-10-18-48(42)53-49/h2-31H,1H3. The van der Waals surface area contributed by atoms with Crippen molar-refractivity contribution < 1.29 is 4.42 Å². The lowest BCUT2D eigenvalue weighted by molar-refractivity contribution is 0.662. The molecule has 10 aromatic rings. The van der Waals surface area contributed by atoms with Gasteiger partial charge < -0.3 is 9.32 Å². The summed E-state index contributed by atoms with van der Waals surface area (Å²) in [6.45, 7) is 2.36. The first kappa shape index (κ1) is 30.2. The van der Waals surface area contributed by atoms with Crippen LogP contribution in [0.15, 0.2) is 186 Å². The molecule has 0 fully saturated rings. The van der Waals surface area contributed by atoms with Crippen molar-refractivity contribution in [2.24, 2.45) is 0 Å². The molecule has 2 aromatic heterocycles. The fraction of sp³-hybridized carbons (Fsp3) is 0.0400. The predicted octanol–water partition coefficient (Wildman–Crippen LogP) is 14.4. The van der Waals surface area contributed by atoms with E-state index in [0.29, 0.717) is 0 Å². The topological polar surface area (TPSA) is 16.4 Å². The number of anilines is 3. The SMILES string of the molecule is CC1(c2ccc3c(c2)oc2cc(N(c4ccc(-c5ccccc5)cc4)c4ccc5sc6ccccc6c5c4)ccc23)c2ccccc2-c2ccccc21. The van der Waals surface area contributed by atoms with Crippen LogP contribution in [0.5, 0.6) is 0 Å². The largest absolute Gasteiger partial charge is 0.456 e. The highest BCUT2D eigenvalue weighted by Gasteiger charge is 2.40. The second kappa shape index (κ2) is 11.5. The summed E-state index contributed by atoms with van der Waals surface area (Å²) in [7, 11) is 0. The van der Waals surface area contributed by atoms with Crippen molar-refractivity contribution in [1.82, 2.24) is 0 Å². The van der Waals surface area contributed by atoms with E-state index in [1.807, 2.05) is 11.3 Å². The third-order valence-electron chi connectivity index (χ3n) is 11.4. The number of rotatable bonds is 5. The Morgan fingerprint density at radius 1 is 0.434 bits per heavy atom. The number of furan rings is 1. The lowest BCUT2D eigenvalue weighted by Gasteiger charge is -2.28. The molecule has 1 aliphatic rings. The Morgan fingerprint density at radius 2 is 1.00 bits per heavy atom. The van der Waals surface area contributed by atoms with E-state index in [9.17, 15) is 0 Å². The van der Waals surface area contributed by atoms with Crippen LogP contribution < -0.4 is 4.90 Å². The molecule has 0 N–H and O–H groups in total. The number of benzene rings is 8. The first-order valence-corrected chi connectivity index (χ1v) is 19.0. The molecule has 2 heterocycles. The second-order valence-corrected chi connectivity index (χ2v) is 15.3. The third kappa shape index (κ3) is 4.57. The molecule has 0 radical (unpaired) electrons. The van der Waals surface area contributed by atoms with Gasteiger partial charge in [-0.2, -0.15) is 0 Å². The Bertz CT molecular complexity index is 2980. The van der Waals surface area contributed by atoms with Gasteiger partial charge in [-0.25, -0.2) is 0 Å². The molecule has 0 saturated heterocycles. The van der Waals surface area contributed by atoms with E-state index in [-0.39, 0.29) is 5.41 Å². The normalized spacial score (nSPS) is 13.2. The molecule has 0 aliphatic heterocycles. The van der Waals surface area contributed by atoms with E-state index in [4.69, 9.17) is 4.42 Å². The summed E-state index contributed by atoms with van der Waals surface area (Å²) in [6, 6.07) is 66.1. The summed E-state index contributed by atoms with van der Waals surface area (Å²) in [5.74, 6) is 0. The summed E-state index contributed by atoms with van der Waals surface area (Å²) in [6.07, 6.45) is 0. The van der Waals surface area contributed by atoms with E-state index < -0.39 is 0 Å². The Balaban J connectivity index is 1.06. The van der Waals surface area contributed by atoms with Crippen LogP contribution in [0.1, 0.15) is 23.6 Å². The molecule has 11 rings (SSSR count).